The minimum absolute atomic E-state index is 0.140. The Morgan fingerprint density at radius 1 is 0.437 bits per heavy atom. The van der Waals surface area contributed by atoms with Gasteiger partial charge in [0.05, 0.1) is 40.3 Å². The summed E-state index contributed by atoms with van der Waals surface area (Å²) in [5.41, 5.74) is 0. The van der Waals surface area contributed by atoms with E-state index in [9.17, 15) is 19.5 Å². The minimum Gasteiger partial charge on any atom is -0.545 e. The fraction of sp³-hybridized carbons (Fsp3) is 0.758. The molecule has 410 valence electrons. The standard InChI is InChI=1S/C62H109NO8/c1-6-8-10-12-14-16-18-20-22-24-25-26-27-28-29-30-31-32-33-34-35-37-38-40-42-44-46-48-50-52-59(64)69-56-58(57-70-62(61(66)67)68-55-54-63(3,4)5)71-60(65)53-51-49-47-45-43-41-39-36-23-21-19-17-15-13-11-9-7-2/h9,11,15,17-18,20-21,23-25,39,41,58,62H,6-8,10,12-14,16,19,22,26-38,40,42-57H2,1-5H3/b11-9-,17-15-,20-18-,23-21-,25-24-,41-39-. The van der Waals surface area contributed by atoms with Crippen LogP contribution in [0.25, 0.3) is 0 Å². The lowest BCUT2D eigenvalue weighted by Gasteiger charge is -2.26. The van der Waals surface area contributed by atoms with Gasteiger partial charge < -0.3 is 33.3 Å². The first kappa shape index (κ1) is 67.7. The van der Waals surface area contributed by atoms with E-state index in [2.05, 4.69) is 86.8 Å². The van der Waals surface area contributed by atoms with Crippen molar-refractivity contribution in [2.45, 2.75) is 257 Å². The number of rotatable bonds is 53. The van der Waals surface area contributed by atoms with Crippen LogP contribution in [0.4, 0.5) is 0 Å². The van der Waals surface area contributed by atoms with Gasteiger partial charge in [0.2, 0.25) is 0 Å². The number of quaternary nitrogens is 1. The predicted molar refractivity (Wildman–Crippen MR) is 297 cm³/mol. The molecule has 9 heteroatoms. The van der Waals surface area contributed by atoms with Gasteiger partial charge in [0, 0.05) is 12.8 Å². The normalized spacial score (nSPS) is 13.3. The smallest absolute Gasteiger partial charge is 0.306 e. The maximum absolute atomic E-state index is 12.8. The molecule has 2 atom stereocenters. The lowest BCUT2D eigenvalue weighted by Crippen LogP contribution is -2.44. The molecule has 0 aliphatic rings. The molecular formula is C62H109NO8. The van der Waals surface area contributed by atoms with Gasteiger partial charge in [-0.1, -0.05) is 222 Å². The molecule has 0 aliphatic carbocycles. The number of likely N-dealkylation sites (N-methyl/N-ethyl adjacent to an activating group) is 1. The van der Waals surface area contributed by atoms with Crippen LogP contribution in [0.2, 0.25) is 0 Å². The third-order valence-corrected chi connectivity index (χ3v) is 12.4. The number of ether oxygens (including phenoxy) is 4. The van der Waals surface area contributed by atoms with Gasteiger partial charge in [-0.2, -0.15) is 0 Å². The number of hydrogen-bond acceptors (Lipinski definition) is 8. The molecular weight excluding hydrogens is 887 g/mol. The molecule has 71 heavy (non-hydrogen) atoms. The quantitative estimate of drug-likeness (QED) is 0.0195. The number of unbranched alkanes of at least 4 members (excludes halogenated alkanes) is 26. The van der Waals surface area contributed by atoms with E-state index in [0.29, 0.717) is 17.4 Å². The molecule has 0 spiro atoms. The van der Waals surface area contributed by atoms with Gasteiger partial charge >= 0.3 is 11.9 Å². The first-order chi connectivity index (χ1) is 34.6. The number of hydrogen-bond donors (Lipinski definition) is 0. The van der Waals surface area contributed by atoms with Gasteiger partial charge in [0.1, 0.15) is 13.2 Å². The van der Waals surface area contributed by atoms with Crippen molar-refractivity contribution in [3.63, 3.8) is 0 Å². The van der Waals surface area contributed by atoms with E-state index in [1.807, 2.05) is 21.1 Å². The number of carboxylic acids is 1. The number of esters is 2. The molecule has 0 bridgehead atoms. The molecule has 0 N–H and O–H groups in total. The third kappa shape index (κ3) is 54.3. The topological polar surface area (TPSA) is 111 Å². The molecule has 0 amide bonds. The molecule has 0 heterocycles. The Balaban J connectivity index is 4.19. The number of nitrogens with zero attached hydrogens (tertiary/aromatic N) is 1. The molecule has 0 radical (unpaired) electrons. The van der Waals surface area contributed by atoms with E-state index < -0.39 is 24.3 Å². The number of carboxylic acid groups (broad SMARTS) is 1. The van der Waals surface area contributed by atoms with Crippen molar-refractivity contribution in [3.05, 3.63) is 72.9 Å². The fourth-order valence-corrected chi connectivity index (χ4v) is 7.97. The Hall–Kier alpha value is -3.27. The van der Waals surface area contributed by atoms with Crippen LogP contribution in [0, 0.1) is 0 Å². The average Bonchev–Trinajstić information content (AvgIpc) is 3.34. The minimum atomic E-state index is -1.63. The Bertz CT molecular complexity index is 1390. The van der Waals surface area contributed by atoms with E-state index >= 15 is 0 Å². The molecule has 2 unspecified atom stereocenters. The Morgan fingerprint density at radius 2 is 0.803 bits per heavy atom. The van der Waals surface area contributed by atoms with Crippen molar-refractivity contribution in [3.8, 4) is 0 Å². The van der Waals surface area contributed by atoms with Crippen LogP contribution >= 0.6 is 0 Å². The molecule has 0 aliphatic heterocycles. The second-order valence-electron chi connectivity index (χ2n) is 20.5. The van der Waals surface area contributed by atoms with Crippen molar-refractivity contribution in [1.29, 1.82) is 0 Å². The number of allylic oxidation sites excluding steroid dienone is 12. The summed E-state index contributed by atoms with van der Waals surface area (Å²) in [4.78, 5) is 37.2. The van der Waals surface area contributed by atoms with Crippen LogP contribution in [-0.2, 0) is 33.3 Å². The summed E-state index contributed by atoms with van der Waals surface area (Å²) in [6.07, 6.45) is 65.3. The second-order valence-corrected chi connectivity index (χ2v) is 20.5. The summed E-state index contributed by atoms with van der Waals surface area (Å²) < 4.78 is 22.7. The summed E-state index contributed by atoms with van der Waals surface area (Å²) in [6, 6.07) is 0. The molecule has 9 nitrogen and oxygen atoms in total. The molecule has 0 aromatic rings. The van der Waals surface area contributed by atoms with Crippen molar-refractivity contribution in [2.24, 2.45) is 0 Å². The van der Waals surface area contributed by atoms with Crippen molar-refractivity contribution in [2.75, 3.05) is 47.5 Å². The third-order valence-electron chi connectivity index (χ3n) is 12.4. The lowest BCUT2D eigenvalue weighted by molar-refractivity contribution is -0.870. The highest BCUT2D eigenvalue weighted by Crippen LogP contribution is 2.16. The summed E-state index contributed by atoms with van der Waals surface area (Å²) >= 11 is 0. The molecule has 0 rings (SSSR count). The second kappa shape index (κ2) is 53.0. The van der Waals surface area contributed by atoms with Gasteiger partial charge in [0.25, 0.3) is 0 Å². The highest BCUT2D eigenvalue weighted by molar-refractivity contribution is 5.70. The van der Waals surface area contributed by atoms with Crippen molar-refractivity contribution >= 4 is 17.9 Å². The molecule has 0 saturated heterocycles. The van der Waals surface area contributed by atoms with Crippen LogP contribution in [0.5, 0.6) is 0 Å². The predicted octanol–water partition coefficient (Wildman–Crippen LogP) is 15.7. The Labute approximate surface area is 437 Å². The van der Waals surface area contributed by atoms with Crippen LogP contribution in [0.15, 0.2) is 72.9 Å². The van der Waals surface area contributed by atoms with E-state index in [-0.39, 0.29) is 38.6 Å². The zero-order valence-corrected chi connectivity index (χ0v) is 46.6. The van der Waals surface area contributed by atoms with E-state index in [0.717, 1.165) is 77.0 Å². The maximum atomic E-state index is 12.8. The SMILES string of the molecule is CC/C=C\C/C=C\C/C=C\C/C=C\CCCCCCC(=O)OC(COC(=O)CCCCCCCCCCCCCCCCCCC/C=C\C/C=C\CCCCCCC)COC(OCC[N+](C)(C)C)C(=O)[O-]. The Morgan fingerprint density at radius 3 is 1.20 bits per heavy atom. The maximum Gasteiger partial charge on any atom is 0.306 e. The van der Waals surface area contributed by atoms with Crippen molar-refractivity contribution < 1.29 is 42.9 Å². The van der Waals surface area contributed by atoms with Gasteiger partial charge in [-0.25, -0.2) is 0 Å². The lowest BCUT2D eigenvalue weighted by atomic mass is 10.0. The number of aliphatic carboxylic acids is 1. The van der Waals surface area contributed by atoms with Crippen LogP contribution in [0.3, 0.4) is 0 Å². The molecule has 0 saturated carbocycles. The van der Waals surface area contributed by atoms with E-state index in [1.165, 1.54) is 135 Å². The van der Waals surface area contributed by atoms with Crippen molar-refractivity contribution in [1.82, 2.24) is 0 Å². The summed E-state index contributed by atoms with van der Waals surface area (Å²) in [7, 11) is 5.91. The largest absolute Gasteiger partial charge is 0.545 e. The van der Waals surface area contributed by atoms with Crippen LogP contribution < -0.4 is 5.11 Å². The van der Waals surface area contributed by atoms with Gasteiger partial charge in [0.15, 0.2) is 12.4 Å². The Kier molecular flexibility index (Phi) is 50.6. The molecule has 0 aromatic carbocycles. The van der Waals surface area contributed by atoms with E-state index in [1.54, 1.807) is 0 Å². The summed E-state index contributed by atoms with van der Waals surface area (Å²) in [6.45, 7) is 4.60. The van der Waals surface area contributed by atoms with Gasteiger partial charge in [-0.3, -0.25) is 9.59 Å². The highest BCUT2D eigenvalue weighted by atomic mass is 16.7. The van der Waals surface area contributed by atoms with Crippen LogP contribution in [-0.4, -0.2) is 82.3 Å². The number of carbonyl (C=O) groups is 3. The fourth-order valence-electron chi connectivity index (χ4n) is 7.97. The number of carbonyl (C=O) groups excluding carboxylic acids is 3. The van der Waals surface area contributed by atoms with E-state index in [4.69, 9.17) is 18.9 Å². The van der Waals surface area contributed by atoms with Crippen LogP contribution in [0.1, 0.15) is 245 Å². The van der Waals surface area contributed by atoms with Gasteiger partial charge in [-0.05, 0) is 83.5 Å². The average molecular weight is 997 g/mol. The monoisotopic (exact) mass is 996 g/mol. The van der Waals surface area contributed by atoms with Gasteiger partial charge in [-0.15, -0.1) is 0 Å². The highest BCUT2D eigenvalue weighted by Gasteiger charge is 2.22. The molecule has 0 fully saturated rings. The first-order valence-corrected chi connectivity index (χ1v) is 29.1. The zero-order chi connectivity index (χ0) is 52.0. The molecule has 0 aromatic heterocycles. The first-order valence-electron chi connectivity index (χ1n) is 29.1. The zero-order valence-electron chi connectivity index (χ0n) is 46.6. The summed E-state index contributed by atoms with van der Waals surface area (Å²) in [5.74, 6) is -2.31. The summed E-state index contributed by atoms with van der Waals surface area (Å²) in [5, 5.41) is 11.8.